The largest absolute Gasteiger partial charge is 0.383 e. The van der Waals surface area contributed by atoms with Gasteiger partial charge in [-0.15, -0.1) is 0 Å². The molecule has 1 heterocycles. The summed E-state index contributed by atoms with van der Waals surface area (Å²) in [5.74, 6) is -1.07. The Balaban J connectivity index is 1.76. The highest BCUT2D eigenvalue weighted by Crippen LogP contribution is 2.11. The Morgan fingerprint density at radius 2 is 1.65 bits per heavy atom. The van der Waals surface area contributed by atoms with Crippen molar-refractivity contribution in [2.45, 2.75) is 26.4 Å². The third-order valence-corrected chi connectivity index (χ3v) is 5.48. The van der Waals surface area contributed by atoms with Crippen LogP contribution in [0.2, 0.25) is 5.02 Å². The number of nitrogens with zero attached hydrogens (tertiary/aromatic N) is 1. The molecule has 34 heavy (non-hydrogen) atoms. The molecule has 0 spiro atoms. The molecule has 2 aromatic carbocycles. The Kier molecular flexibility index (Phi) is 9.01. The molecule has 0 saturated heterocycles. The molecule has 178 valence electrons. The van der Waals surface area contributed by atoms with Crippen molar-refractivity contribution >= 4 is 23.4 Å². The van der Waals surface area contributed by atoms with Crippen LogP contribution >= 0.6 is 11.6 Å². The van der Waals surface area contributed by atoms with Gasteiger partial charge >= 0.3 is 0 Å². The second kappa shape index (κ2) is 12.2. The van der Waals surface area contributed by atoms with Gasteiger partial charge in [0.15, 0.2) is 0 Å². The summed E-state index contributed by atoms with van der Waals surface area (Å²) >= 11 is 6.00. The number of methoxy groups -OCH3 is 1. The average Bonchev–Trinajstić information content (AvgIpc) is 2.82. The number of amides is 2. The highest BCUT2D eigenvalue weighted by atomic mass is 35.5. The molecule has 0 bridgehead atoms. The van der Waals surface area contributed by atoms with Crippen LogP contribution in [-0.2, 0) is 24.2 Å². The summed E-state index contributed by atoms with van der Waals surface area (Å²) in [5.41, 5.74) is 2.16. The van der Waals surface area contributed by atoms with Crippen LogP contribution in [0.15, 0.2) is 65.7 Å². The van der Waals surface area contributed by atoms with Crippen LogP contribution in [0, 0.1) is 6.92 Å². The first kappa shape index (κ1) is 25.2. The van der Waals surface area contributed by atoms with E-state index in [9.17, 15) is 14.4 Å². The van der Waals surface area contributed by atoms with Gasteiger partial charge in [-0.3, -0.25) is 14.4 Å². The molecular formula is C26H28ClN3O4. The molecule has 0 saturated carbocycles. The van der Waals surface area contributed by atoms with Gasteiger partial charge in [0.2, 0.25) is 5.43 Å². The smallest absolute Gasteiger partial charge is 0.257 e. The van der Waals surface area contributed by atoms with E-state index in [1.807, 2.05) is 49.4 Å². The standard InChI is InChI=1S/C26H28ClN3O4/c1-18-5-3-7-20(13-18)15-29-26(33)23-17-30(11-12-34-2)16-22(24(23)31)25(32)28-10-9-19-6-4-8-21(27)14-19/h3-8,13-14,16-17H,9-12,15H2,1-2H3,(H,28,32)(H,29,33). The molecule has 1 aromatic heterocycles. The molecule has 3 rings (SSSR count). The molecule has 8 heteroatoms. The number of aryl methyl sites for hydroxylation is 1. The summed E-state index contributed by atoms with van der Waals surface area (Å²) in [7, 11) is 1.56. The van der Waals surface area contributed by atoms with Crippen LogP contribution in [0.5, 0.6) is 0 Å². The Bertz CT molecular complexity index is 1220. The summed E-state index contributed by atoms with van der Waals surface area (Å²) in [6.07, 6.45) is 3.46. The van der Waals surface area contributed by atoms with E-state index < -0.39 is 17.2 Å². The van der Waals surface area contributed by atoms with Crippen molar-refractivity contribution in [3.63, 3.8) is 0 Å². The van der Waals surface area contributed by atoms with E-state index in [2.05, 4.69) is 10.6 Å². The second-order valence-corrected chi connectivity index (χ2v) is 8.39. The first-order valence-corrected chi connectivity index (χ1v) is 11.3. The third kappa shape index (κ3) is 7.04. The maximum absolute atomic E-state index is 13.0. The number of carbonyl (C=O) groups excluding carboxylic acids is 2. The summed E-state index contributed by atoms with van der Waals surface area (Å²) in [4.78, 5) is 38.7. The maximum atomic E-state index is 13.0. The predicted molar refractivity (Wildman–Crippen MR) is 132 cm³/mol. The Morgan fingerprint density at radius 1 is 0.971 bits per heavy atom. The molecule has 0 unspecified atom stereocenters. The number of nitrogens with one attached hydrogen (secondary N) is 2. The van der Waals surface area contributed by atoms with Crippen LogP contribution in [-0.4, -0.2) is 36.6 Å². The van der Waals surface area contributed by atoms with E-state index in [0.717, 1.165) is 16.7 Å². The fraction of sp³-hybridized carbons (Fsp3) is 0.269. The van der Waals surface area contributed by atoms with Gasteiger partial charge in [0, 0.05) is 44.2 Å². The predicted octanol–water partition coefficient (Wildman–Crippen LogP) is 3.36. The second-order valence-electron chi connectivity index (χ2n) is 7.95. The van der Waals surface area contributed by atoms with Crippen molar-refractivity contribution in [3.05, 3.63) is 104 Å². The SMILES string of the molecule is COCCn1cc(C(=O)NCCc2cccc(Cl)c2)c(=O)c(C(=O)NCc2cccc(C)c2)c1. The van der Waals surface area contributed by atoms with Crippen LogP contribution in [0.25, 0.3) is 0 Å². The number of rotatable bonds is 10. The normalized spacial score (nSPS) is 10.7. The van der Waals surface area contributed by atoms with Gasteiger partial charge in [-0.1, -0.05) is 53.6 Å². The molecule has 0 aliphatic heterocycles. The number of aromatic nitrogens is 1. The lowest BCUT2D eigenvalue weighted by molar-refractivity contribution is 0.0948. The van der Waals surface area contributed by atoms with Crippen LogP contribution in [0.3, 0.4) is 0 Å². The zero-order chi connectivity index (χ0) is 24.5. The molecule has 2 N–H and O–H groups in total. The van der Waals surface area contributed by atoms with Crippen LogP contribution in [0.4, 0.5) is 0 Å². The number of halogens is 1. The zero-order valence-corrected chi connectivity index (χ0v) is 20.0. The van der Waals surface area contributed by atoms with E-state index in [0.29, 0.717) is 31.1 Å². The molecule has 0 aliphatic carbocycles. The molecule has 0 radical (unpaired) electrons. The number of pyridine rings is 1. The Labute approximate surface area is 203 Å². The summed E-state index contributed by atoms with van der Waals surface area (Å²) in [6, 6.07) is 15.1. The van der Waals surface area contributed by atoms with Gasteiger partial charge in [-0.2, -0.15) is 0 Å². The molecule has 0 atom stereocenters. The van der Waals surface area contributed by atoms with Gasteiger partial charge < -0.3 is 19.9 Å². The first-order valence-electron chi connectivity index (χ1n) is 11.0. The Hall–Kier alpha value is -3.42. The monoisotopic (exact) mass is 481 g/mol. The molecule has 7 nitrogen and oxygen atoms in total. The van der Waals surface area contributed by atoms with Crippen molar-refractivity contribution in [1.29, 1.82) is 0 Å². The lowest BCUT2D eigenvalue weighted by atomic mass is 10.1. The van der Waals surface area contributed by atoms with Gasteiger partial charge in [-0.25, -0.2) is 0 Å². The van der Waals surface area contributed by atoms with Gasteiger partial charge in [0.1, 0.15) is 11.1 Å². The highest BCUT2D eigenvalue weighted by molar-refractivity contribution is 6.30. The fourth-order valence-electron chi connectivity index (χ4n) is 3.49. The van der Waals surface area contributed by atoms with Crippen molar-refractivity contribution in [2.75, 3.05) is 20.3 Å². The fourth-order valence-corrected chi connectivity index (χ4v) is 3.70. The molecule has 3 aromatic rings. The summed E-state index contributed by atoms with van der Waals surface area (Å²) < 4.78 is 6.73. The van der Waals surface area contributed by atoms with Crippen LogP contribution < -0.4 is 16.1 Å². The molecule has 2 amide bonds. The number of hydrogen-bond donors (Lipinski definition) is 2. The topological polar surface area (TPSA) is 89.4 Å². The van der Waals surface area contributed by atoms with E-state index in [-0.39, 0.29) is 17.7 Å². The van der Waals surface area contributed by atoms with Crippen molar-refractivity contribution in [3.8, 4) is 0 Å². The lowest BCUT2D eigenvalue weighted by Crippen LogP contribution is -2.36. The van der Waals surface area contributed by atoms with E-state index in [4.69, 9.17) is 16.3 Å². The van der Waals surface area contributed by atoms with E-state index >= 15 is 0 Å². The van der Waals surface area contributed by atoms with Gasteiger partial charge in [0.05, 0.1) is 6.61 Å². The Morgan fingerprint density at radius 3 is 2.32 bits per heavy atom. The van der Waals surface area contributed by atoms with Crippen LogP contribution in [0.1, 0.15) is 37.4 Å². The van der Waals surface area contributed by atoms with Crippen molar-refractivity contribution in [1.82, 2.24) is 15.2 Å². The number of ether oxygens (including phenoxy) is 1. The number of hydrogen-bond acceptors (Lipinski definition) is 4. The molecule has 0 fully saturated rings. The first-order chi connectivity index (χ1) is 16.4. The lowest BCUT2D eigenvalue weighted by Gasteiger charge is -2.13. The van der Waals surface area contributed by atoms with Gasteiger partial charge in [0.25, 0.3) is 11.8 Å². The average molecular weight is 482 g/mol. The molecule has 0 aliphatic rings. The third-order valence-electron chi connectivity index (χ3n) is 5.25. The van der Waals surface area contributed by atoms with E-state index in [1.165, 1.54) is 12.4 Å². The maximum Gasteiger partial charge on any atom is 0.257 e. The zero-order valence-electron chi connectivity index (χ0n) is 19.3. The summed E-state index contributed by atoms with van der Waals surface area (Å²) in [5, 5.41) is 6.16. The highest BCUT2D eigenvalue weighted by Gasteiger charge is 2.19. The van der Waals surface area contributed by atoms with Crippen molar-refractivity contribution < 1.29 is 14.3 Å². The van der Waals surface area contributed by atoms with Crippen molar-refractivity contribution in [2.24, 2.45) is 0 Å². The minimum atomic E-state index is -0.615. The minimum absolute atomic E-state index is 0.0914. The van der Waals surface area contributed by atoms with Gasteiger partial charge in [-0.05, 0) is 36.6 Å². The molecular weight excluding hydrogens is 454 g/mol. The quantitative estimate of drug-likeness (QED) is 0.464. The minimum Gasteiger partial charge on any atom is -0.383 e. The van der Waals surface area contributed by atoms with E-state index in [1.54, 1.807) is 17.7 Å². The summed E-state index contributed by atoms with van der Waals surface area (Å²) in [6.45, 7) is 3.31. The number of carbonyl (C=O) groups is 2. The number of benzene rings is 2.